The van der Waals surface area contributed by atoms with Crippen molar-refractivity contribution in [2.45, 2.75) is 18.2 Å². The maximum absolute atomic E-state index is 12.2. The normalized spacial score (nSPS) is 12.0. The van der Waals surface area contributed by atoms with Crippen molar-refractivity contribution in [1.82, 2.24) is 19.7 Å². The first-order valence-electron chi connectivity index (χ1n) is 6.57. The number of aryl methyl sites for hydroxylation is 1. The van der Waals surface area contributed by atoms with E-state index in [1.54, 1.807) is 13.0 Å². The molecular formula is C13H14N4O4S. The Kier molecular flexibility index (Phi) is 3.59. The van der Waals surface area contributed by atoms with Gasteiger partial charge in [0.1, 0.15) is 6.26 Å². The number of hydrogen-bond acceptors (Lipinski definition) is 5. The fraction of sp³-hybridized carbons (Fsp3) is 0.231. The lowest BCUT2D eigenvalue weighted by molar-refractivity contribution is 0.520. The Morgan fingerprint density at radius 2 is 2.05 bits per heavy atom. The Hall–Kier alpha value is -2.39. The molecule has 3 rings (SSSR count). The Labute approximate surface area is 125 Å². The zero-order chi connectivity index (χ0) is 15.7. The second-order valence-electron chi connectivity index (χ2n) is 4.79. The minimum Gasteiger partial charge on any atom is -0.449 e. The van der Waals surface area contributed by atoms with Crippen molar-refractivity contribution in [2.75, 3.05) is 6.54 Å². The first-order valence-corrected chi connectivity index (χ1v) is 8.05. The molecule has 0 amide bonds. The van der Waals surface area contributed by atoms with E-state index in [0.717, 1.165) is 0 Å². The summed E-state index contributed by atoms with van der Waals surface area (Å²) in [7, 11) is -3.65. The van der Waals surface area contributed by atoms with E-state index in [4.69, 9.17) is 4.42 Å². The third-order valence-electron chi connectivity index (χ3n) is 3.14. The number of benzene rings is 1. The van der Waals surface area contributed by atoms with Gasteiger partial charge in [0.25, 0.3) is 0 Å². The number of H-pyrrole nitrogens is 2. The van der Waals surface area contributed by atoms with E-state index in [-0.39, 0.29) is 17.1 Å². The largest absolute Gasteiger partial charge is 0.449 e. The van der Waals surface area contributed by atoms with E-state index in [1.165, 1.54) is 18.4 Å². The van der Waals surface area contributed by atoms with Crippen molar-refractivity contribution < 1.29 is 12.8 Å². The van der Waals surface area contributed by atoms with Gasteiger partial charge in [-0.05, 0) is 18.2 Å². The smallest absolute Gasteiger partial charge is 0.323 e. The zero-order valence-electron chi connectivity index (χ0n) is 11.7. The van der Waals surface area contributed by atoms with Gasteiger partial charge in [0.2, 0.25) is 10.0 Å². The molecule has 0 aliphatic carbocycles. The first-order chi connectivity index (χ1) is 10.4. The van der Waals surface area contributed by atoms with Crippen LogP contribution in [0.15, 0.2) is 38.6 Å². The van der Waals surface area contributed by atoms with Gasteiger partial charge in [-0.1, -0.05) is 0 Å². The Balaban J connectivity index is 1.74. The molecule has 0 spiro atoms. The molecule has 22 heavy (non-hydrogen) atoms. The molecule has 2 aromatic heterocycles. The molecular weight excluding hydrogens is 308 g/mol. The number of aromatic amines is 2. The third-order valence-corrected chi connectivity index (χ3v) is 4.60. The highest BCUT2D eigenvalue weighted by Crippen LogP contribution is 2.14. The minimum absolute atomic E-state index is 0.0894. The molecule has 1 aromatic carbocycles. The highest BCUT2D eigenvalue weighted by Gasteiger charge is 2.15. The van der Waals surface area contributed by atoms with Crippen LogP contribution in [-0.4, -0.2) is 29.9 Å². The highest BCUT2D eigenvalue weighted by atomic mass is 32.2. The van der Waals surface area contributed by atoms with Gasteiger partial charge in [-0.15, -0.1) is 0 Å². The molecule has 9 heteroatoms. The topological polar surface area (TPSA) is 121 Å². The lowest BCUT2D eigenvalue weighted by atomic mass is 10.3. The standard InChI is InChI=1S/C13H14N4O4S/c1-8-15-9(7-21-8)4-5-14-22(19,20)10-2-3-11-12(6-10)17-13(18)16-11/h2-3,6-7,14H,4-5H2,1H3,(H2,16,17,18). The van der Waals surface area contributed by atoms with Crippen LogP contribution in [0.2, 0.25) is 0 Å². The first kappa shape index (κ1) is 14.5. The van der Waals surface area contributed by atoms with Gasteiger partial charge >= 0.3 is 5.69 Å². The van der Waals surface area contributed by atoms with Crippen molar-refractivity contribution in [3.05, 3.63) is 46.5 Å². The summed E-state index contributed by atoms with van der Waals surface area (Å²) in [5.74, 6) is 0.541. The molecule has 2 heterocycles. The molecule has 3 aromatic rings. The van der Waals surface area contributed by atoms with Crippen molar-refractivity contribution in [3.8, 4) is 0 Å². The molecule has 116 valence electrons. The summed E-state index contributed by atoms with van der Waals surface area (Å²) < 4.78 is 32.0. The van der Waals surface area contributed by atoms with Crippen molar-refractivity contribution in [1.29, 1.82) is 0 Å². The molecule has 0 fully saturated rings. The second kappa shape index (κ2) is 5.43. The molecule has 0 radical (unpaired) electrons. The summed E-state index contributed by atoms with van der Waals surface area (Å²) in [6.07, 6.45) is 1.93. The lowest BCUT2D eigenvalue weighted by Gasteiger charge is -2.05. The molecule has 0 saturated heterocycles. The van der Waals surface area contributed by atoms with Crippen LogP contribution in [-0.2, 0) is 16.4 Å². The van der Waals surface area contributed by atoms with Gasteiger partial charge in [0.15, 0.2) is 5.89 Å². The molecule has 0 bridgehead atoms. The van der Waals surface area contributed by atoms with Crippen LogP contribution in [0.1, 0.15) is 11.6 Å². The van der Waals surface area contributed by atoms with Crippen LogP contribution in [0.3, 0.4) is 0 Å². The minimum atomic E-state index is -3.65. The SMILES string of the molecule is Cc1nc(CCNS(=O)(=O)c2ccc3[nH]c(=O)[nH]c3c2)co1. The molecule has 0 aliphatic heterocycles. The number of aromatic nitrogens is 3. The quantitative estimate of drug-likeness (QED) is 0.637. The fourth-order valence-electron chi connectivity index (χ4n) is 2.10. The summed E-state index contributed by atoms with van der Waals surface area (Å²) in [5.41, 5.74) is 1.31. The Morgan fingerprint density at radius 1 is 1.27 bits per heavy atom. The average Bonchev–Trinajstić information content (AvgIpc) is 3.02. The third kappa shape index (κ3) is 2.95. The maximum atomic E-state index is 12.2. The summed E-state index contributed by atoms with van der Waals surface area (Å²) in [6.45, 7) is 1.93. The summed E-state index contributed by atoms with van der Waals surface area (Å²) in [5, 5.41) is 0. The van der Waals surface area contributed by atoms with Crippen molar-refractivity contribution >= 4 is 21.1 Å². The summed E-state index contributed by atoms with van der Waals surface area (Å²) >= 11 is 0. The van der Waals surface area contributed by atoms with E-state index in [0.29, 0.717) is 29.0 Å². The predicted molar refractivity (Wildman–Crippen MR) is 79.1 cm³/mol. The summed E-state index contributed by atoms with van der Waals surface area (Å²) in [4.78, 5) is 20.5. The molecule has 0 aliphatic rings. The number of imidazole rings is 1. The van der Waals surface area contributed by atoms with E-state index in [2.05, 4.69) is 19.7 Å². The summed E-state index contributed by atoms with van der Waals surface area (Å²) in [6, 6.07) is 4.40. The number of nitrogens with one attached hydrogen (secondary N) is 3. The van der Waals surface area contributed by atoms with Crippen LogP contribution < -0.4 is 10.4 Å². The van der Waals surface area contributed by atoms with Gasteiger partial charge in [-0.25, -0.2) is 22.9 Å². The number of rotatable bonds is 5. The average molecular weight is 322 g/mol. The van der Waals surface area contributed by atoms with Crippen LogP contribution in [0, 0.1) is 6.92 Å². The number of sulfonamides is 1. The second-order valence-corrected chi connectivity index (χ2v) is 6.56. The number of fused-ring (bicyclic) bond motifs is 1. The highest BCUT2D eigenvalue weighted by molar-refractivity contribution is 7.89. The zero-order valence-corrected chi connectivity index (χ0v) is 12.5. The van der Waals surface area contributed by atoms with E-state index in [1.807, 2.05) is 0 Å². The van der Waals surface area contributed by atoms with Crippen LogP contribution in [0.25, 0.3) is 11.0 Å². The van der Waals surface area contributed by atoms with Gasteiger partial charge in [-0.3, -0.25) is 0 Å². The van der Waals surface area contributed by atoms with E-state index < -0.39 is 10.0 Å². The van der Waals surface area contributed by atoms with Crippen molar-refractivity contribution in [2.24, 2.45) is 0 Å². The molecule has 0 saturated carbocycles. The number of hydrogen-bond donors (Lipinski definition) is 3. The van der Waals surface area contributed by atoms with Crippen LogP contribution in [0.5, 0.6) is 0 Å². The van der Waals surface area contributed by atoms with E-state index in [9.17, 15) is 13.2 Å². The van der Waals surface area contributed by atoms with Crippen LogP contribution >= 0.6 is 0 Å². The maximum Gasteiger partial charge on any atom is 0.323 e. The predicted octanol–water partition coefficient (Wildman–Crippen LogP) is 0.674. The lowest BCUT2D eigenvalue weighted by Crippen LogP contribution is -2.26. The monoisotopic (exact) mass is 322 g/mol. The molecule has 3 N–H and O–H groups in total. The van der Waals surface area contributed by atoms with E-state index >= 15 is 0 Å². The van der Waals surface area contributed by atoms with Crippen LogP contribution in [0.4, 0.5) is 0 Å². The van der Waals surface area contributed by atoms with Gasteiger partial charge in [0, 0.05) is 19.9 Å². The molecule has 0 unspecified atom stereocenters. The van der Waals surface area contributed by atoms with Gasteiger partial charge in [-0.2, -0.15) is 0 Å². The van der Waals surface area contributed by atoms with Gasteiger partial charge in [0.05, 0.1) is 21.6 Å². The van der Waals surface area contributed by atoms with Gasteiger partial charge < -0.3 is 14.4 Å². The molecule has 0 atom stereocenters. The fourth-order valence-corrected chi connectivity index (χ4v) is 3.16. The molecule has 8 nitrogen and oxygen atoms in total. The Bertz CT molecular complexity index is 967. The number of oxazole rings is 1. The van der Waals surface area contributed by atoms with Crippen molar-refractivity contribution in [3.63, 3.8) is 0 Å². The number of nitrogens with zero attached hydrogens (tertiary/aromatic N) is 1. The Morgan fingerprint density at radius 3 is 2.77 bits per heavy atom.